The number of aliphatic hydroxyl groups is 1. The molecular formula is CH5IN10O. The van der Waals surface area contributed by atoms with Crippen molar-refractivity contribution in [3.8, 4) is 0 Å². The molecular weight excluding hydrogens is 295 g/mol. The van der Waals surface area contributed by atoms with E-state index in [1.807, 2.05) is 0 Å². The minimum Gasteiger partial charge on any atom is -0.385 e. The lowest BCUT2D eigenvalue weighted by atomic mass is 11.8. The van der Waals surface area contributed by atoms with Gasteiger partial charge < -0.3 is 10.9 Å². The molecule has 13 heavy (non-hydrogen) atoms. The van der Waals surface area contributed by atoms with Crippen LogP contribution in [-0.2, 0) is 0 Å². The first-order valence-electron chi connectivity index (χ1n) is 2.61. The maximum atomic E-state index is 8.30. The van der Waals surface area contributed by atoms with Crippen molar-refractivity contribution < 1.29 is 5.11 Å². The molecule has 0 rings (SSSR count). The van der Waals surface area contributed by atoms with Gasteiger partial charge in [-0.2, -0.15) is 0 Å². The van der Waals surface area contributed by atoms with Crippen LogP contribution in [0.15, 0.2) is 45.0 Å². The Morgan fingerprint density at radius 1 is 0.923 bits per heavy atom. The summed E-state index contributed by atoms with van der Waals surface area (Å²) in [5.74, 6) is 4.58. The number of hydrogen-bond acceptors (Lipinski definition) is 3. The van der Waals surface area contributed by atoms with Crippen LogP contribution in [0.1, 0.15) is 0 Å². The van der Waals surface area contributed by atoms with Gasteiger partial charge in [0.1, 0.15) is 4.61 Å². The highest BCUT2D eigenvalue weighted by Crippen LogP contribution is 1.97. The fourth-order valence-electron chi connectivity index (χ4n) is 0.175. The highest BCUT2D eigenvalue weighted by Gasteiger charge is 1.68. The molecule has 0 aromatic rings. The zero-order valence-corrected chi connectivity index (χ0v) is 8.29. The molecule has 0 atom stereocenters. The average molecular weight is 300 g/mol. The minimum absolute atomic E-state index is 0.00559. The molecule has 0 amide bonds. The maximum Gasteiger partial charge on any atom is 0.108 e. The van der Waals surface area contributed by atoms with Gasteiger partial charge in [-0.1, -0.05) is 5.22 Å². The zero-order chi connectivity index (χ0) is 9.78. The van der Waals surface area contributed by atoms with Crippen molar-refractivity contribution in [2.75, 3.05) is 4.61 Å². The summed E-state index contributed by atoms with van der Waals surface area (Å²) in [4.78, 5) is 0. The Morgan fingerprint density at radius 3 is 2.00 bits per heavy atom. The molecule has 0 aliphatic heterocycles. The maximum absolute atomic E-state index is 8.30. The Morgan fingerprint density at radius 2 is 1.46 bits per heavy atom. The lowest BCUT2D eigenvalue weighted by Crippen LogP contribution is -1.70. The third kappa shape index (κ3) is 10.7. The zero-order valence-electron chi connectivity index (χ0n) is 6.13. The third-order valence-electron chi connectivity index (χ3n) is 0.432. The summed E-state index contributed by atoms with van der Waals surface area (Å²) in [6, 6.07) is 0. The normalized spacial score (nSPS) is 14.2. The first kappa shape index (κ1) is 11.7. The van der Waals surface area contributed by atoms with Gasteiger partial charge in [-0.05, 0) is 36.6 Å². The van der Waals surface area contributed by atoms with E-state index in [0.29, 0.717) is 0 Å². The Kier molecular flexibility index (Phi) is 9.61. The summed E-state index contributed by atoms with van der Waals surface area (Å²) >= 11 is -0.690. The van der Waals surface area contributed by atoms with Crippen molar-refractivity contribution in [2.24, 2.45) is 50.9 Å². The smallest absolute Gasteiger partial charge is 0.108 e. The van der Waals surface area contributed by atoms with Gasteiger partial charge in [-0.25, -0.2) is 0 Å². The Hall–Kier alpha value is -1.31. The van der Waals surface area contributed by atoms with Gasteiger partial charge in [-0.3, -0.25) is 0 Å². The van der Waals surface area contributed by atoms with E-state index in [9.17, 15) is 0 Å². The van der Waals surface area contributed by atoms with Crippen molar-refractivity contribution >= 4 is 21.0 Å². The van der Waals surface area contributed by atoms with Gasteiger partial charge >= 0.3 is 0 Å². The fraction of sp³-hybridized carbons (Fsp3) is 1.00. The fourth-order valence-corrected chi connectivity index (χ4v) is 0.535. The summed E-state index contributed by atoms with van der Waals surface area (Å²) in [7, 11) is 0. The Balaban J connectivity index is 3.62. The average Bonchev–Trinajstić information content (AvgIpc) is 2.16. The number of rotatable bonds is 5. The van der Waals surface area contributed by atoms with Gasteiger partial charge in [0.15, 0.2) is 0 Å². The van der Waals surface area contributed by atoms with E-state index in [0.717, 1.165) is 0 Å². The molecule has 0 aliphatic carbocycles. The lowest BCUT2D eigenvalue weighted by molar-refractivity contribution is 0.387. The molecule has 0 saturated heterocycles. The SMILES string of the molecule is N/N=N/N=N/N=N/N=N/N=ICO. The van der Waals surface area contributed by atoms with Gasteiger partial charge in [0.05, 0.1) is 21.0 Å². The van der Waals surface area contributed by atoms with Gasteiger partial charge in [-0.15, -0.1) is 3.25 Å². The van der Waals surface area contributed by atoms with Crippen molar-refractivity contribution in [1.82, 2.24) is 0 Å². The van der Waals surface area contributed by atoms with Crippen LogP contribution in [0, 0.1) is 0 Å². The van der Waals surface area contributed by atoms with Crippen LogP contribution < -0.4 is 5.84 Å². The lowest BCUT2D eigenvalue weighted by Gasteiger charge is -1.70. The number of nitrogens with two attached hydrogens (primary N) is 1. The quantitative estimate of drug-likeness (QED) is 0.259. The predicted octanol–water partition coefficient (Wildman–Crippen LogP) is 1.43. The van der Waals surface area contributed by atoms with Crippen molar-refractivity contribution in [1.29, 1.82) is 0 Å². The van der Waals surface area contributed by atoms with E-state index in [1.54, 1.807) is 0 Å². The molecule has 0 aromatic carbocycles. The molecule has 0 bridgehead atoms. The molecule has 0 spiro atoms. The van der Waals surface area contributed by atoms with Gasteiger partial charge in [0.2, 0.25) is 0 Å². The molecule has 0 heterocycles. The highest BCUT2D eigenvalue weighted by atomic mass is 127. The molecule has 0 saturated carbocycles. The van der Waals surface area contributed by atoms with E-state index in [4.69, 9.17) is 5.11 Å². The van der Waals surface area contributed by atoms with Crippen molar-refractivity contribution in [3.63, 3.8) is 0 Å². The van der Waals surface area contributed by atoms with Crippen LogP contribution >= 0.6 is 21.0 Å². The van der Waals surface area contributed by atoms with Gasteiger partial charge in [0.25, 0.3) is 0 Å². The second-order valence-corrected chi connectivity index (χ2v) is 2.85. The first-order chi connectivity index (χ1) is 6.41. The number of nitrogens with zero attached hydrogens (tertiary/aromatic N) is 9. The number of alkyl halides is 1. The summed E-state index contributed by atoms with van der Waals surface area (Å²) in [6.45, 7) is 0. The topological polar surface area (TPSA) is 157 Å². The van der Waals surface area contributed by atoms with E-state index < -0.39 is 21.0 Å². The van der Waals surface area contributed by atoms with Crippen LogP contribution in [-0.4, -0.2) is 9.72 Å². The molecule has 0 unspecified atom stereocenters. The van der Waals surface area contributed by atoms with Crippen LogP contribution in [0.25, 0.3) is 0 Å². The minimum atomic E-state index is -0.690. The highest BCUT2D eigenvalue weighted by molar-refractivity contribution is 14.2. The molecule has 0 aliphatic rings. The standard InChI is InChI=1S/CH5IN10O/c3-5-7-9-11-12-10-8-6-4-2-1-13/h13H,1H2,(H2,3,6,7,10,11). The molecule has 0 aromatic heterocycles. The van der Waals surface area contributed by atoms with E-state index in [1.165, 1.54) is 0 Å². The number of halogens is 1. The van der Waals surface area contributed by atoms with E-state index in [2.05, 4.69) is 50.9 Å². The van der Waals surface area contributed by atoms with Gasteiger partial charge in [0, 0.05) is 0 Å². The van der Waals surface area contributed by atoms with Crippen molar-refractivity contribution in [2.45, 2.75) is 0 Å². The first-order valence-corrected chi connectivity index (χ1v) is 5.10. The van der Waals surface area contributed by atoms with Crippen LogP contribution in [0.5, 0.6) is 0 Å². The Bertz CT molecular complexity index is 239. The summed E-state index contributed by atoms with van der Waals surface area (Å²) in [6.07, 6.45) is 0. The predicted molar refractivity (Wildman–Crippen MR) is 47.1 cm³/mol. The molecule has 11 nitrogen and oxygen atoms in total. The largest absolute Gasteiger partial charge is 0.385 e. The second-order valence-electron chi connectivity index (χ2n) is 1.06. The monoisotopic (exact) mass is 300 g/mol. The number of aliphatic hydroxyl groups excluding tert-OH is 1. The molecule has 0 radical (unpaired) electrons. The second kappa shape index (κ2) is 10.7. The van der Waals surface area contributed by atoms with E-state index >= 15 is 0 Å². The number of hydrogen-bond donors (Lipinski definition) is 2. The summed E-state index contributed by atoms with van der Waals surface area (Å²) < 4.78 is 3.46. The molecule has 0 fully saturated rings. The van der Waals surface area contributed by atoms with Crippen LogP contribution in [0.3, 0.4) is 0 Å². The Labute approximate surface area is 82.0 Å². The third-order valence-corrected chi connectivity index (χ3v) is 1.24. The molecule has 72 valence electrons. The van der Waals surface area contributed by atoms with E-state index in [-0.39, 0.29) is 4.61 Å². The molecule has 3 N–H and O–H groups in total. The van der Waals surface area contributed by atoms with Crippen LogP contribution in [0.4, 0.5) is 0 Å². The molecule has 12 heteroatoms. The summed E-state index contributed by atoms with van der Waals surface area (Å²) in [5, 5.41) is 32.2. The summed E-state index contributed by atoms with van der Waals surface area (Å²) in [5.41, 5.74) is 0. The van der Waals surface area contributed by atoms with Crippen molar-refractivity contribution in [3.05, 3.63) is 0 Å². The van der Waals surface area contributed by atoms with Crippen LogP contribution in [0.2, 0.25) is 0 Å².